The third-order valence-electron chi connectivity index (χ3n) is 3.32. The Morgan fingerprint density at radius 2 is 1.95 bits per heavy atom. The van der Waals surface area contributed by atoms with Crippen LogP contribution in [0.4, 0.5) is 5.69 Å². The molecule has 0 fully saturated rings. The Balaban J connectivity index is 2.30. The minimum atomic E-state index is -0.927. The molecule has 0 spiro atoms. The van der Waals surface area contributed by atoms with E-state index >= 15 is 0 Å². The number of nitrogens with one attached hydrogen (secondary N) is 1. The van der Waals surface area contributed by atoms with Crippen LogP contribution < -0.4 is 5.32 Å². The molecule has 2 aromatic rings. The standard InChI is InChI=1S/C16H19NO3/c1-9-5-6-15(14(7-9)16(18)19)17-11(3)13-8-10(2)20-12(13)4/h5-8,11,17H,1-4H3,(H,18,19). The van der Waals surface area contributed by atoms with E-state index in [1.165, 1.54) is 0 Å². The first-order valence-electron chi connectivity index (χ1n) is 6.56. The summed E-state index contributed by atoms with van der Waals surface area (Å²) in [5, 5.41) is 12.5. The van der Waals surface area contributed by atoms with Crippen LogP contribution in [0.15, 0.2) is 28.7 Å². The fourth-order valence-electron chi connectivity index (χ4n) is 2.35. The van der Waals surface area contributed by atoms with E-state index in [9.17, 15) is 9.90 Å². The van der Waals surface area contributed by atoms with Gasteiger partial charge >= 0.3 is 5.97 Å². The van der Waals surface area contributed by atoms with E-state index in [4.69, 9.17) is 4.42 Å². The molecule has 2 N–H and O–H groups in total. The van der Waals surface area contributed by atoms with Crippen molar-refractivity contribution in [2.24, 2.45) is 0 Å². The molecule has 20 heavy (non-hydrogen) atoms. The Kier molecular flexibility index (Phi) is 3.84. The summed E-state index contributed by atoms with van der Waals surface area (Å²) < 4.78 is 5.51. The summed E-state index contributed by atoms with van der Waals surface area (Å²) in [7, 11) is 0. The monoisotopic (exact) mass is 273 g/mol. The first-order valence-corrected chi connectivity index (χ1v) is 6.56. The van der Waals surface area contributed by atoms with Gasteiger partial charge in [-0.15, -0.1) is 0 Å². The van der Waals surface area contributed by atoms with Crippen LogP contribution >= 0.6 is 0 Å². The predicted octanol–water partition coefficient (Wildman–Crippen LogP) is 4.08. The lowest BCUT2D eigenvalue weighted by Gasteiger charge is -2.17. The van der Waals surface area contributed by atoms with Crippen molar-refractivity contribution in [1.82, 2.24) is 0 Å². The Labute approximate surface area is 118 Å². The Bertz CT molecular complexity index is 643. The zero-order valence-corrected chi connectivity index (χ0v) is 12.2. The summed E-state index contributed by atoms with van der Waals surface area (Å²) in [4.78, 5) is 11.3. The third-order valence-corrected chi connectivity index (χ3v) is 3.32. The fraction of sp³-hybridized carbons (Fsp3) is 0.312. The second-order valence-corrected chi connectivity index (χ2v) is 5.09. The van der Waals surface area contributed by atoms with Crippen molar-refractivity contribution in [1.29, 1.82) is 0 Å². The van der Waals surface area contributed by atoms with E-state index in [0.29, 0.717) is 5.69 Å². The molecule has 2 rings (SSSR count). The van der Waals surface area contributed by atoms with Gasteiger partial charge in [0.2, 0.25) is 0 Å². The molecule has 1 aromatic heterocycles. The number of carboxylic acid groups (broad SMARTS) is 1. The molecule has 4 heteroatoms. The molecule has 0 aliphatic rings. The molecule has 0 aliphatic heterocycles. The van der Waals surface area contributed by atoms with Gasteiger partial charge in [-0.2, -0.15) is 0 Å². The number of anilines is 1. The number of rotatable bonds is 4. The van der Waals surface area contributed by atoms with Crippen LogP contribution in [-0.2, 0) is 0 Å². The molecular formula is C16H19NO3. The summed E-state index contributed by atoms with van der Waals surface area (Å²) in [5.74, 6) is 0.781. The summed E-state index contributed by atoms with van der Waals surface area (Å²) >= 11 is 0. The molecule has 0 aliphatic carbocycles. The van der Waals surface area contributed by atoms with E-state index in [0.717, 1.165) is 22.6 Å². The number of furan rings is 1. The normalized spacial score (nSPS) is 12.2. The molecule has 1 atom stereocenters. The van der Waals surface area contributed by atoms with Crippen LogP contribution in [0.5, 0.6) is 0 Å². The zero-order valence-electron chi connectivity index (χ0n) is 12.2. The average Bonchev–Trinajstić information content (AvgIpc) is 2.70. The van der Waals surface area contributed by atoms with Crippen LogP contribution in [0.3, 0.4) is 0 Å². The van der Waals surface area contributed by atoms with Gasteiger partial charge in [0.25, 0.3) is 0 Å². The second kappa shape index (κ2) is 5.41. The number of hydrogen-bond acceptors (Lipinski definition) is 3. The zero-order chi connectivity index (χ0) is 14.9. The summed E-state index contributed by atoms with van der Waals surface area (Å²) in [6.07, 6.45) is 0. The Morgan fingerprint density at radius 3 is 2.50 bits per heavy atom. The molecule has 0 saturated heterocycles. The van der Waals surface area contributed by atoms with E-state index in [1.807, 2.05) is 39.8 Å². The van der Waals surface area contributed by atoms with Crippen LogP contribution in [0.25, 0.3) is 0 Å². The van der Waals surface area contributed by atoms with E-state index < -0.39 is 5.97 Å². The van der Waals surface area contributed by atoms with E-state index in [1.54, 1.807) is 12.1 Å². The summed E-state index contributed by atoms with van der Waals surface area (Å²) in [5.41, 5.74) is 2.87. The van der Waals surface area contributed by atoms with Gasteiger partial charge in [-0.1, -0.05) is 11.6 Å². The van der Waals surface area contributed by atoms with Gasteiger partial charge in [-0.3, -0.25) is 0 Å². The molecule has 0 radical (unpaired) electrons. The lowest BCUT2D eigenvalue weighted by molar-refractivity contribution is 0.0698. The second-order valence-electron chi connectivity index (χ2n) is 5.09. The number of hydrogen-bond donors (Lipinski definition) is 2. The van der Waals surface area contributed by atoms with E-state index in [-0.39, 0.29) is 11.6 Å². The molecule has 1 aromatic carbocycles. The first kappa shape index (κ1) is 14.2. The van der Waals surface area contributed by atoms with Gasteiger partial charge in [0.15, 0.2) is 0 Å². The topological polar surface area (TPSA) is 62.5 Å². The van der Waals surface area contributed by atoms with Crippen molar-refractivity contribution in [2.45, 2.75) is 33.7 Å². The molecular weight excluding hydrogens is 254 g/mol. The highest BCUT2D eigenvalue weighted by molar-refractivity contribution is 5.94. The van der Waals surface area contributed by atoms with Crippen molar-refractivity contribution in [3.05, 3.63) is 52.5 Å². The minimum absolute atomic E-state index is 0.0201. The molecule has 0 saturated carbocycles. The third kappa shape index (κ3) is 2.85. The maximum Gasteiger partial charge on any atom is 0.337 e. The van der Waals surface area contributed by atoms with E-state index in [2.05, 4.69) is 5.32 Å². The smallest absolute Gasteiger partial charge is 0.337 e. The first-order chi connectivity index (χ1) is 9.38. The van der Waals surface area contributed by atoms with Gasteiger partial charge in [0.1, 0.15) is 11.5 Å². The minimum Gasteiger partial charge on any atom is -0.478 e. The lowest BCUT2D eigenvalue weighted by atomic mass is 10.1. The molecule has 106 valence electrons. The van der Waals surface area contributed by atoms with Gasteiger partial charge in [0.05, 0.1) is 11.6 Å². The number of benzene rings is 1. The van der Waals surface area contributed by atoms with Gasteiger partial charge < -0.3 is 14.8 Å². The van der Waals surface area contributed by atoms with Crippen molar-refractivity contribution in [2.75, 3.05) is 5.32 Å². The van der Waals surface area contributed by atoms with Crippen LogP contribution in [0.1, 0.15) is 46.0 Å². The average molecular weight is 273 g/mol. The van der Waals surface area contributed by atoms with Crippen molar-refractivity contribution >= 4 is 11.7 Å². The van der Waals surface area contributed by atoms with Crippen molar-refractivity contribution in [3.63, 3.8) is 0 Å². The number of aromatic carboxylic acids is 1. The highest BCUT2D eigenvalue weighted by atomic mass is 16.4. The van der Waals surface area contributed by atoms with Crippen LogP contribution in [0, 0.1) is 20.8 Å². The van der Waals surface area contributed by atoms with Crippen molar-refractivity contribution < 1.29 is 14.3 Å². The Morgan fingerprint density at radius 1 is 1.25 bits per heavy atom. The highest BCUT2D eigenvalue weighted by Crippen LogP contribution is 2.27. The number of carbonyl (C=O) groups is 1. The maximum absolute atomic E-state index is 11.3. The quantitative estimate of drug-likeness (QED) is 0.881. The highest BCUT2D eigenvalue weighted by Gasteiger charge is 2.16. The number of aryl methyl sites for hydroxylation is 3. The Hall–Kier alpha value is -2.23. The van der Waals surface area contributed by atoms with Gasteiger partial charge in [-0.05, 0) is 45.9 Å². The predicted molar refractivity (Wildman–Crippen MR) is 78.4 cm³/mol. The number of carboxylic acids is 1. The van der Waals surface area contributed by atoms with Gasteiger partial charge in [0, 0.05) is 11.3 Å². The SMILES string of the molecule is Cc1ccc(NC(C)c2cc(C)oc2C)c(C(=O)O)c1. The van der Waals surface area contributed by atoms with Crippen LogP contribution in [-0.4, -0.2) is 11.1 Å². The maximum atomic E-state index is 11.3. The molecule has 0 amide bonds. The molecule has 4 nitrogen and oxygen atoms in total. The fourth-order valence-corrected chi connectivity index (χ4v) is 2.35. The summed E-state index contributed by atoms with van der Waals surface area (Å²) in [6, 6.07) is 7.33. The van der Waals surface area contributed by atoms with Crippen molar-refractivity contribution in [3.8, 4) is 0 Å². The largest absolute Gasteiger partial charge is 0.478 e. The van der Waals surface area contributed by atoms with Gasteiger partial charge in [-0.25, -0.2) is 4.79 Å². The summed E-state index contributed by atoms with van der Waals surface area (Å²) in [6.45, 7) is 7.68. The molecule has 0 bridgehead atoms. The lowest BCUT2D eigenvalue weighted by Crippen LogP contribution is -2.11. The van der Waals surface area contributed by atoms with Crippen LogP contribution in [0.2, 0.25) is 0 Å². The molecule has 1 unspecified atom stereocenters. The molecule has 1 heterocycles.